The zero-order valence-electron chi connectivity index (χ0n) is 9.83. The van der Waals surface area contributed by atoms with Crippen molar-refractivity contribution in [3.8, 4) is 0 Å². The maximum Gasteiger partial charge on any atom is 0.216 e. The largest absolute Gasteiger partial charge is 0.355 e. The SMILES string of the molecule is CC(=O)NCC1(c2ccccc2)CCCC1. The average Bonchev–Trinajstić information content (AvgIpc) is 2.78. The van der Waals surface area contributed by atoms with Crippen LogP contribution in [0.2, 0.25) is 0 Å². The molecule has 0 radical (unpaired) electrons. The predicted molar refractivity (Wildman–Crippen MR) is 65.3 cm³/mol. The van der Waals surface area contributed by atoms with Crippen LogP contribution in [0.3, 0.4) is 0 Å². The molecule has 1 aromatic rings. The van der Waals surface area contributed by atoms with Crippen molar-refractivity contribution in [2.75, 3.05) is 6.54 Å². The van der Waals surface area contributed by atoms with Gasteiger partial charge in [-0.15, -0.1) is 0 Å². The van der Waals surface area contributed by atoms with E-state index in [9.17, 15) is 4.79 Å². The van der Waals surface area contributed by atoms with E-state index < -0.39 is 0 Å². The van der Waals surface area contributed by atoms with E-state index >= 15 is 0 Å². The van der Waals surface area contributed by atoms with Crippen LogP contribution in [0.15, 0.2) is 30.3 Å². The molecule has 0 saturated heterocycles. The van der Waals surface area contributed by atoms with Crippen molar-refractivity contribution < 1.29 is 4.79 Å². The Morgan fingerprint density at radius 1 is 1.25 bits per heavy atom. The van der Waals surface area contributed by atoms with Crippen LogP contribution >= 0.6 is 0 Å². The summed E-state index contributed by atoms with van der Waals surface area (Å²) < 4.78 is 0. The summed E-state index contributed by atoms with van der Waals surface area (Å²) in [5.41, 5.74) is 1.56. The fourth-order valence-electron chi connectivity index (χ4n) is 2.70. The van der Waals surface area contributed by atoms with Gasteiger partial charge in [0.15, 0.2) is 0 Å². The van der Waals surface area contributed by atoms with Gasteiger partial charge in [-0.2, -0.15) is 0 Å². The third-order valence-electron chi connectivity index (χ3n) is 3.62. The number of carbonyl (C=O) groups excluding carboxylic acids is 1. The fraction of sp³-hybridized carbons (Fsp3) is 0.500. The molecule has 1 amide bonds. The van der Waals surface area contributed by atoms with Gasteiger partial charge in [-0.3, -0.25) is 4.79 Å². The molecule has 0 aromatic heterocycles. The van der Waals surface area contributed by atoms with E-state index in [4.69, 9.17) is 0 Å². The molecule has 1 aromatic carbocycles. The number of amides is 1. The molecule has 1 aliphatic carbocycles. The first kappa shape index (κ1) is 11.2. The van der Waals surface area contributed by atoms with Crippen LogP contribution in [0.1, 0.15) is 38.2 Å². The van der Waals surface area contributed by atoms with Crippen molar-refractivity contribution in [3.05, 3.63) is 35.9 Å². The maximum absolute atomic E-state index is 11.1. The summed E-state index contributed by atoms with van der Waals surface area (Å²) in [6.45, 7) is 2.37. The van der Waals surface area contributed by atoms with E-state index in [0.29, 0.717) is 0 Å². The van der Waals surface area contributed by atoms with Gasteiger partial charge in [0.25, 0.3) is 0 Å². The second kappa shape index (κ2) is 4.69. The molecule has 1 aliphatic rings. The second-order valence-corrected chi connectivity index (χ2v) is 4.76. The van der Waals surface area contributed by atoms with Crippen molar-refractivity contribution in [2.45, 2.75) is 38.0 Å². The molecule has 16 heavy (non-hydrogen) atoms. The Labute approximate surface area is 97.1 Å². The molecule has 86 valence electrons. The molecule has 1 fully saturated rings. The van der Waals surface area contributed by atoms with Crippen LogP contribution in [0.25, 0.3) is 0 Å². The van der Waals surface area contributed by atoms with Gasteiger partial charge in [0.1, 0.15) is 0 Å². The maximum atomic E-state index is 11.1. The minimum Gasteiger partial charge on any atom is -0.355 e. The smallest absolute Gasteiger partial charge is 0.216 e. The first-order valence-corrected chi connectivity index (χ1v) is 6.03. The molecule has 2 nitrogen and oxygen atoms in total. The molecule has 1 saturated carbocycles. The van der Waals surface area contributed by atoms with Gasteiger partial charge < -0.3 is 5.32 Å². The minimum atomic E-state index is 0.0715. The predicted octanol–water partition coefficient (Wildman–Crippen LogP) is 2.63. The summed E-state index contributed by atoms with van der Waals surface area (Å²) in [7, 11) is 0. The Hall–Kier alpha value is -1.31. The lowest BCUT2D eigenvalue weighted by molar-refractivity contribution is -0.119. The highest BCUT2D eigenvalue weighted by atomic mass is 16.1. The summed E-state index contributed by atoms with van der Waals surface area (Å²) in [6, 6.07) is 10.6. The summed E-state index contributed by atoms with van der Waals surface area (Å²) >= 11 is 0. The van der Waals surface area contributed by atoms with Crippen LogP contribution in [0.4, 0.5) is 0 Å². The zero-order valence-corrected chi connectivity index (χ0v) is 9.83. The van der Waals surface area contributed by atoms with E-state index in [1.54, 1.807) is 6.92 Å². The van der Waals surface area contributed by atoms with Crippen LogP contribution < -0.4 is 5.32 Å². The van der Waals surface area contributed by atoms with Crippen molar-refractivity contribution in [1.82, 2.24) is 5.32 Å². The molecule has 2 heteroatoms. The Kier molecular flexibility index (Phi) is 3.28. The number of nitrogens with one attached hydrogen (secondary N) is 1. The highest BCUT2D eigenvalue weighted by Crippen LogP contribution is 2.40. The standard InChI is InChI=1S/C14H19NO/c1-12(16)15-11-14(9-5-6-10-14)13-7-3-2-4-8-13/h2-4,7-8H,5-6,9-11H2,1H3,(H,15,16). The molecule has 0 atom stereocenters. The van der Waals surface area contributed by atoms with Gasteiger partial charge in [-0.1, -0.05) is 43.2 Å². The number of rotatable bonds is 3. The lowest BCUT2D eigenvalue weighted by Gasteiger charge is -2.29. The first-order chi connectivity index (χ1) is 7.73. The number of carbonyl (C=O) groups is 1. The third-order valence-corrected chi connectivity index (χ3v) is 3.62. The molecular formula is C14H19NO. The van der Waals surface area contributed by atoms with E-state index in [-0.39, 0.29) is 11.3 Å². The Bertz CT molecular complexity index is 352. The van der Waals surface area contributed by atoms with Gasteiger partial charge in [-0.25, -0.2) is 0 Å². The number of benzene rings is 1. The summed E-state index contributed by atoms with van der Waals surface area (Å²) in [5, 5.41) is 2.99. The minimum absolute atomic E-state index is 0.0715. The molecule has 0 bridgehead atoms. The summed E-state index contributed by atoms with van der Waals surface area (Å²) in [6.07, 6.45) is 4.93. The Morgan fingerprint density at radius 2 is 1.88 bits per heavy atom. The van der Waals surface area contributed by atoms with Crippen molar-refractivity contribution in [2.24, 2.45) is 0 Å². The fourth-order valence-corrected chi connectivity index (χ4v) is 2.70. The monoisotopic (exact) mass is 217 g/mol. The molecule has 0 heterocycles. The quantitative estimate of drug-likeness (QED) is 0.828. The van der Waals surface area contributed by atoms with Crippen LogP contribution in [-0.4, -0.2) is 12.5 Å². The van der Waals surface area contributed by atoms with Crippen molar-refractivity contribution in [3.63, 3.8) is 0 Å². The van der Waals surface area contributed by atoms with E-state index in [2.05, 4.69) is 29.6 Å². The van der Waals surface area contributed by atoms with Gasteiger partial charge in [0, 0.05) is 18.9 Å². The van der Waals surface area contributed by atoms with Gasteiger partial charge >= 0.3 is 0 Å². The second-order valence-electron chi connectivity index (χ2n) is 4.76. The highest BCUT2D eigenvalue weighted by molar-refractivity contribution is 5.73. The highest BCUT2D eigenvalue weighted by Gasteiger charge is 2.35. The zero-order chi connectivity index (χ0) is 11.4. The van der Waals surface area contributed by atoms with Gasteiger partial charge in [0.2, 0.25) is 5.91 Å². The van der Waals surface area contributed by atoms with Crippen molar-refractivity contribution >= 4 is 5.91 Å². The Balaban J connectivity index is 2.19. The Morgan fingerprint density at radius 3 is 2.44 bits per heavy atom. The summed E-state index contributed by atoms with van der Waals surface area (Å²) in [4.78, 5) is 11.1. The molecule has 0 spiro atoms. The lowest BCUT2D eigenvalue weighted by Crippen LogP contribution is -2.37. The molecule has 0 aliphatic heterocycles. The molecule has 2 rings (SSSR count). The molecule has 1 N–H and O–H groups in total. The first-order valence-electron chi connectivity index (χ1n) is 6.03. The van der Waals surface area contributed by atoms with E-state index in [1.165, 1.54) is 31.2 Å². The third kappa shape index (κ3) is 2.26. The number of hydrogen-bond acceptors (Lipinski definition) is 1. The van der Waals surface area contributed by atoms with Crippen molar-refractivity contribution in [1.29, 1.82) is 0 Å². The summed E-state index contributed by atoms with van der Waals surface area (Å²) in [5.74, 6) is 0.0715. The lowest BCUT2D eigenvalue weighted by atomic mass is 9.79. The topological polar surface area (TPSA) is 29.1 Å². The van der Waals surface area contributed by atoms with Crippen LogP contribution in [-0.2, 0) is 10.2 Å². The van der Waals surface area contributed by atoms with Crippen LogP contribution in [0.5, 0.6) is 0 Å². The van der Waals surface area contributed by atoms with Gasteiger partial charge in [-0.05, 0) is 18.4 Å². The van der Waals surface area contributed by atoms with Gasteiger partial charge in [0.05, 0.1) is 0 Å². The van der Waals surface area contributed by atoms with Crippen LogP contribution in [0, 0.1) is 0 Å². The van der Waals surface area contributed by atoms with E-state index in [0.717, 1.165) is 6.54 Å². The average molecular weight is 217 g/mol. The molecular weight excluding hydrogens is 198 g/mol. The van der Waals surface area contributed by atoms with E-state index in [1.807, 2.05) is 6.07 Å². The number of hydrogen-bond donors (Lipinski definition) is 1. The normalized spacial score (nSPS) is 18.3. The molecule has 0 unspecified atom stereocenters.